The van der Waals surface area contributed by atoms with Crippen LogP contribution in [0.2, 0.25) is 10.0 Å². The fourth-order valence-corrected chi connectivity index (χ4v) is 1.96. The Morgan fingerprint density at radius 3 is 2.68 bits per heavy atom. The standard InChI is InChI=1S/C12H16Cl2N2O2.ClH/c1-7(16-12(17)11(15)6-18-2)9-5-8(13)3-4-10(9)14;/h3-5,7,11H,6,15H2,1-2H3,(H,16,17);1H. The van der Waals surface area contributed by atoms with Gasteiger partial charge in [0.05, 0.1) is 12.6 Å². The molecule has 0 aliphatic heterocycles. The predicted molar refractivity (Wildman–Crippen MR) is 80.1 cm³/mol. The number of benzene rings is 1. The largest absolute Gasteiger partial charge is 0.383 e. The molecule has 1 amide bonds. The second-order valence-corrected chi connectivity index (χ2v) is 4.80. The van der Waals surface area contributed by atoms with E-state index in [4.69, 9.17) is 33.7 Å². The van der Waals surface area contributed by atoms with E-state index in [0.29, 0.717) is 10.0 Å². The number of methoxy groups -OCH3 is 1. The van der Waals surface area contributed by atoms with Crippen molar-refractivity contribution in [2.45, 2.75) is 19.0 Å². The van der Waals surface area contributed by atoms with Gasteiger partial charge in [-0.05, 0) is 30.7 Å². The van der Waals surface area contributed by atoms with E-state index in [-0.39, 0.29) is 31.0 Å². The summed E-state index contributed by atoms with van der Waals surface area (Å²) >= 11 is 11.9. The zero-order valence-electron chi connectivity index (χ0n) is 10.7. The molecule has 0 saturated carbocycles. The molecule has 0 radical (unpaired) electrons. The molecule has 2 atom stereocenters. The van der Waals surface area contributed by atoms with Gasteiger partial charge in [-0.1, -0.05) is 23.2 Å². The van der Waals surface area contributed by atoms with Crippen LogP contribution in [0.5, 0.6) is 0 Å². The summed E-state index contributed by atoms with van der Waals surface area (Å²) in [6.07, 6.45) is 0. The van der Waals surface area contributed by atoms with Crippen LogP contribution in [0.3, 0.4) is 0 Å². The first-order chi connectivity index (χ1) is 8.45. The van der Waals surface area contributed by atoms with Crippen LogP contribution in [0.4, 0.5) is 0 Å². The number of amides is 1. The summed E-state index contributed by atoms with van der Waals surface area (Å²) < 4.78 is 4.82. The molecule has 2 unspecified atom stereocenters. The van der Waals surface area contributed by atoms with Crippen LogP contribution in [0.15, 0.2) is 18.2 Å². The minimum absolute atomic E-state index is 0. The summed E-state index contributed by atoms with van der Waals surface area (Å²) in [5, 5.41) is 3.88. The van der Waals surface area contributed by atoms with Crippen molar-refractivity contribution in [3.05, 3.63) is 33.8 Å². The van der Waals surface area contributed by atoms with E-state index in [9.17, 15) is 4.79 Å². The zero-order chi connectivity index (χ0) is 13.7. The van der Waals surface area contributed by atoms with Gasteiger partial charge in [0, 0.05) is 17.2 Å². The van der Waals surface area contributed by atoms with E-state index >= 15 is 0 Å². The van der Waals surface area contributed by atoms with Crippen molar-refractivity contribution in [3.8, 4) is 0 Å². The second-order valence-electron chi connectivity index (χ2n) is 3.96. The van der Waals surface area contributed by atoms with Gasteiger partial charge in [0.1, 0.15) is 6.04 Å². The Balaban J connectivity index is 0.00000324. The number of hydrogen-bond acceptors (Lipinski definition) is 3. The second kappa shape index (κ2) is 8.61. The van der Waals surface area contributed by atoms with Crippen LogP contribution in [-0.2, 0) is 9.53 Å². The van der Waals surface area contributed by atoms with Crippen molar-refractivity contribution in [3.63, 3.8) is 0 Å². The molecule has 7 heteroatoms. The number of hydrogen-bond donors (Lipinski definition) is 2. The van der Waals surface area contributed by atoms with Crippen molar-refractivity contribution in [2.75, 3.05) is 13.7 Å². The summed E-state index contributed by atoms with van der Waals surface area (Å²) in [7, 11) is 1.49. The molecule has 0 aromatic heterocycles. The van der Waals surface area contributed by atoms with E-state index in [1.165, 1.54) is 7.11 Å². The van der Waals surface area contributed by atoms with Gasteiger partial charge < -0.3 is 15.8 Å². The summed E-state index contributed by atoms with van der Waals surface area (Å²) in [4.78, 5) is 11.7. The number of carbonyl (C=O) groups is 1. The van der Waals surface area contributed by atoms with E-state index in [1.54, 1.807) is 18.2 Å². The highest BCUT2D eigenvalue weighted by Gasteiger charge is 2.18. The number of nitrogens with two attached hydrogens (primary N) is 1. The van der Waals surface area contributed by atoms with E-state index in [0.717, 1.165) is 5.56 Å². The Labute approximate surface area is 129 Å². The highest BCUT2D eigenvalue weighted by atomic mass is 35.5. The number of halogens is 3. The maximum atomic E-state index is 11.7. The van der Waals surface area contributed by atoms with Crippen LogP contribution >= 0.6 is 35.6 Å². The van der Waals surface area contributed by atoms with Crippen molar-refractivity contribution < 1.29 is 9.53 Å². The van der Waals surface area contributed by atoms with Crippen molar-refractivity contribution in [2.24, 2.45) is 5.73 Å². The summed E-state index contributed by atoms with van der Waals surface area (Å²) in [5.74, 6) is -0.291. The molecule has 0 aliphatic rings. The summed E-state index contributed by atoms with van der Waals surface area (Å²) in [6, 6.07) is 4.13. The maximum Gasteiger partial charge on any atom is 0.239 e. The van der Waals surface area contributed by atoms with Gasteiger partial charge in [-0.25, -0.2) is 0 Å². The lowest BCUT2D eigenvalue weighted by molar-refractivity contribution is -0.124. The van der Waals surface area contributed by atoms with Gasteiger partial charge >= 0.3 is 0 Å². The van der Waals surface area contributed by atoms with Crippen LogP contribution in [-0.4, -0.2) is 25.7 Å². The Bertz CT molecular complexity index is 429. The van der Waals surface area contributed by atoms with Gasteiger partial charge in [-0.2, -0.15) is 0 Å². The molecule has 0 spiro atoms. The Morgan fingerprint density at radius 2 is 2.11 bits per heavy atom. The van der Waals surface area contributed by atoms with Gasteiger partial charge in [-0.15, -0.1) is 12.4 Å². The normalized spacial score (nSPS) is 13.3. The first-order valence-corrected chi connectivity index (χ1v) is 6.21. The van der Waals surface area contributed by atoms with Crippen molar-refractivity contribution >= 4 is 41.5 Å². The number of nitrogens with one attached hydrogen (secondary N) is 1. The highest BCUT2D eigenvalue weighted by molar-refractivity contribution is 6.33. The number of ether oxygens (including phenoxy) is 1. The molecule has 1 aromatic carbocycles. The molecule has 0 fully saturated rings. The van der Waals surface area contributed by atoms with Crippen LogP contribution in [0.25, 0.3) is 0 Å². The van der Waals surface area contributed by atoms with Crippen LogP contribution in [0.1, 0.15) is 18.5 Å². The molecule has 0 saturated heterocycles. The van der Waals surface area contributed by atoms with Crippen LogP contribution in [0, 0.1) is 0 Å². The molecule has 0 aliphatic carbocycles. The Kier molecular flexibility index (Phi) is 8.38. The summed E-state index contributed by atoms with van der Waals surface area (Å²) in [6.45, 7) is 1.98. The van der Waals surface area contributed by atoms with E-state index in [1.807, 2.05) is 6.92 Å². The lowest BCUT2D eigenvalue weighted by Crippen LogP contribution is -2.44. The monoisotopic (exact) mass is 326 g/mol. The minimum atomic E-state index is -0.699. The molecule has 0 heterocycles. The smallest absolute Gasteiger partial charge is 0.239 e. The van der Waals surface area contributed by atoms with Crippen LogP contribution < -0.4 is 11.1 Å². The van der Waals surface area contributed by atoms with Gasteiger partial charge in [0.25, 0.3) is 0 Å². The third-order valence-corrected chi connectivity index (χ3v) is 3.05. The molecule has 0 bridgehead atoms. The first-order valence-electron chi connectivity index (χ1n) is 5.45. The van der Waals surface area contributed by atoms with Gasteiger partial charge in [0.2, 0.25) is 5.91 Å². The number of rotatable bonds is 5. The fraction of sp³-hybridized carbons (Fsp3) is 0.417. The Morgan fingerprint density at radius 1 is 1.47 bits per heavy atom. The van der Waals surface area contributed by atoms with Crippen molar-refractivity contribution in [1.82, 2.24) is 5.32 Å². The molecule has 108 valence electrons. The lowest BCUT2D eigenvalue weighted by Gasteiger charge is -2.18. The molecular formula is C12H17Cl3N2O2. The zero-order valence-corrected chi connectivity index (χ0v) is 13.0. The molecule has 1 rings (SSSR count). The Hall–Kier alpha value is -0.520. The molecule has 19 heavy (non-hydrogen) atoms. The average Bonchev–Trinajstić information content (AvgIpc) is 2.32. The molecular weight excluding hydrogens is 311 g/mol. The third-order valence-electron chi connectivity index (χ3n) is 2.47. The lowest BCUT2D eigenvalue weighted by atomic mass is 10.1. The van der Waals surface area contributed by atoms with E-state index < -0.39 is 6.04 Å². The number of carbonyl (C=O) groups excluding carboxylic acids is 1. The summed E-state index contributed by atoms with van der Waals surface area (Å²) in [5.41, 5.74) is 6.38. The molecule has 4 nitrogen and oxygen atoms in total. The van der Waals surface area contributed by atoms with Crippen molar-refractivity contribution in [1.29, 1.82) is 0 Å². The molecule has 1 aromatic rings. The average molecular weight is 328 g/mol. The quantitative estimate of drug-likeness (QED) is 0.873. The SMILES string of the molecule is COCC(N)C(=O)NC(C)c1cc(Cl)ccc1Cl.Cl. The third kappa shape index (κ3) is 5.55. The minimum Gasteiger partial charge on any atom is -0.383 e. The van der Waals surface area contributed by atoms with Gasteiger partial charge in [-0.3, -0.25) is 4.79 Å². The van der Waals surface area contributed by atoms with Gasteiger partial charge in [0.15, 0.2) is 0 Å². The predicted octanol–water partition coefficient (Wildman–Crippen LogP) is 2.57. The first kappa shape index (κ1) is 18.5. The molecule has 3 N–H and O–H groups in total. The van der Waals surface area contributed by atoms with E-state index in [2.05, 4.69) is 5.32 Å². The topological polar surface area (TPSA) is 64.3 Å². The maximum absolute atomic E-state index is 11.7. The fourth-order valence-electron chi connectivity index (χ4n) is 1.50. The highest BCUT2D eigenvalue weighted by Crippen LogP contribution is 2.26.